The van der Waals surface area contributed by atoms with Gasteiger partial charge >= 0.3 is 60.8 Å². The van der Waals surface area contributed by atoms with Crippen LogP contribution in [0.5, 0.6) is 0 Å². The third-order valence-corrected chi connectivity index (χ3v) is 0. The number of hydrogen-bond donors (Lipinski definition) is 1. The minimum absolute atomic E-state index is 0. The molecule has 44 valence electrons. The van der Waals surface area contributed by atoms with Crippen LogP contribution < -0.4 is 6.15 Å². The molecule has 0 aliphatic rings. The Morgan fingerprint density at radius 2 is 1.00 bits per heavy atom. The summed E-state index contributed by atoms with van der Waals surface area (Å²) in [7, 11) is 0. The van der Waals surface area contributed by atoms with Gasteiger partial charge in [0.1, 0.15) is 0 Å². The third kappa shape index (κ3) is 41.4. The third-order valence-electron chi connectivity index (χ3n) is 0. The van der Waals surface area contributed by atoms with Gasteiger partial charge in [0.25, 0.3) is 0 Å². The van der Waals surface area contributed by atoms with Gasteiger partial charge in [-0.3, -0.25) is 0 Å². The van der Waals surface area contributed by atoms with Crippen LogP contribution in [-0.4, -0.2) is 71.8 Å². The SMILES string of the molecule is N.S.[CaH2].[Fe].[MgH2].[SiH4].[Ti]. The van der Waals surface area contributed by atoms with Crippen molar-refractivity contribution in [2.45, 2.75) is 0 Å². The Hall–Kier alpha value is 3.79. The summed E-state index contributed by atoms with van der Waals surface area (Å²) in [6.07, 6.45) is 0. The molecule has 0 fully saturated rings. The normalized spacial score (nSPS) is 0. The fourth-order valence-corrected chi connectivity index (χ4v) is 0. The molecular weight excluding hydrogens is 242 g/mol. The first-order chi connectivity index (χ1) is 0. The minimum Gasteiger partial charge on any atom is -0.0149 e. The molecule has 0 aromatic heterocycles. The van der Waals surface area contributed by atoms with Gasteiger partial charge in [-0.1, -0.05) is 0 Å². The topological polar surface area (TPSA) is 35.0 Å². The fourth-order valence-electron chi connectivity index (χ4n) is 0. The van der Waals surface area contributed by atoms with E-state index in [-0.39, 0.29) is 130 Å². The monoisotopic (exact) mass is 255 g/mol. The molecule has 0 aromatic carbocycles. The molecule has 0 heterocycles. The summed E-state index contributed by atoms with van der Waals surface area (Å²) in [5.41, 5.74) is 0. The van der Waals surface area contributed by atoms with Crippen molar-refractivity contribution in [1.82, 2.24) is 6.15 Å². The summed E-state index contributed by atoms with van der Waals surface area (Å²) < 4.78 is 0. The Balaban J connectivity index is 0. The van der Waals surface area contributed by atoms with Crippen LogP contribution in [0.3, 0.4) is 0 Å². The Kier molecular flexibility index (Phi) is 542. The van der Waals surface area contributed by atoms with Crippen LogP contribution in [-0.2, 0) is 38.8 Å². The Labute approximate surface area is 127 Å². The fraction of sp³-hybridized carbons (Fsp3) is 0. The minimum atomic E-state index is 0. The van der Waals surface area contributed by atoms with Crippen LogP contribution >= 0.6 is 13.5 Å². The maximum absolute atomic E-state index is 0. The summed E-state index contributed by atoms with van der Waals surface area (Å²) in [6.45, 7) is 0. The molecular formula is H13CaFeMgNSSiTi. The van der Waals surface area contributed by atoms with Crippen molar-refractivity contribution < 1.29 is 38.8 Å². The van der Waals surface area contributed by atoms with E-state index in [2.05, 4.69) is 0 Å². The van der Waals surface area contributed by atoms with Gasteiger partial charge in [-0.15, -0.1) is 0 Å². The van der Waals surface area contributed by atoms with Crippen molar-refractivity contribution in [3.05, 3.63) is 0 Å². The Morgan fingerprint density at radius 1 is 1.00 bits per heavy atom. The zero-order chi connectivity index (χ0) is 0. The largest absolute Gasteiger partial charge is 0.316 e. The maximum atomic E-state index is 0. The van der Waals surface area contributed by atoms with Gasteiger partial charge in [-0.2, -0.15) is 13.5 Å². The zero-order valence-electron chi connectivity index (χ0n) is 2.06. The van der Waals surface area contributed by atoms with Crippen LogP contribution in [0.25, 0.3) is 0 Å². The summed E-state index contributed by atoms with van der Waals surface area (Å²) >= 11 is 0. The average molecular weight is 255 g/mol. The van der Waals surface area contributed by atoms with Gasteiger partial charge in [0.2, 0.25) is 0 Å². The standard InChI is InChI=1S/Ca.Fe.Mg.H3N.H2S.H4Si.Ti.4H/h;;;1H3;1H2;1H4;;;;;. The van der Waals surface area contributed by atoms with Gasteiger partial charge in [0.05, 0.1) is 0 Å². The van der Waals surface area contributed by atoms with E-state index in [0.29, 0.717) is 0 Å². The molecule has 0 saturated carbocycles. The summed E-state index contributed by atoms with van der Waals surface area (Å²) in [5.74, 6) is 0. The van der Waals surface area contributed by atoms with Crippen molar-refractivity contribution in [2.24, 2.45) is 0 Å². The smallest absolute Gasteiger partial charge is 0.0149 e. The number of hydrogen-bond acceptors (Lipinski definition) is 1. The molecule has 0 radical (unpaired) electrons. The van der Waals surface area contributed by atoms with Crippen LogP contribution in [0.15, 0.2) is 0 Å². The van der Waals surface area contributed by atoms with Crippen molar-refractivity contribution in [2.75, 3.05) is 0 Å². The molecule has 3 N–H and O–H groups in total. The van der Waals surface area contributed by atoms with Crippen LogP contribution in [0, 0.1) is 0 Å². The van der Waals surface area contributed by atoms with Gasteiger partial charge in [-0.05, 0) is 11.0 Å². The predicted octanol–water partition coefficient (Wildman–Crippen LogP) is -3.01. The Morgan fingerprint density at radius 3 is 1.00 bits per heavy atom. The molecule has 0 atom stereocenters. The van der Waals surface area contributed by atoms with E-state index in [0.717, 1.165) is 0 Å². The maximum Gasteiger partial charge on any atom is 0.316 e. The van der Waals surface area contributed by atoms with Crippen molar-refractivity contribution in [3.8, 4) is 0 Å². The van der Waals surface area contributed by atoms with E-state index in [1.807, 2.05) is 0 Å². The molecule has 0 bridgehead atoms. The summed E-state index contributed by atoms with van der Waals surface area (Å²) in [6, 6.07) is 0. The zero-order valence-corrected chi connectivity index (χ0v) is 5.73. The predicted molar refractivity (Wildman–Crippen MR) is 43.8 cm³/mol. The van der Waals surface area contributed by atoms with E-state index in [4.69, 9.17) is 0 Å². The summed E-state index contributed by atoms with van der Waals surface area (Å²) in [5, 5.41) is 0. The molecule has 0 aliphatic heterocycles. The first kappa shape index (κ1) is 72.1. The molecule has 7 heavy (non-hydrogen) atoms. The molecule has 1 nitrogen and oxygen atoms in total. The van der Waals surface area contributed by atoms with Gasteiger partial charge in [-0.25, -0.2) is 0 Å². The average Bonchev–Trinajstić information content (AvgIpc) is 0. The second kappa shape index (κ2) is 52.7. The Bertz CT molecular complexity index is 19.7. The van der Waals surface area contributed by atoms with Gasteiger partial charge in [0.15, 0.2) is 0 Å². The van der Waals surface area contributed by atoms with E-state index >= 15 is 0 Å². The van der Waals surface area contributed by atoms with Gasteiger partial charge in [0, 0.05) is 38.8 Å². The van der Waals surface area contributed by atoms with Crippen molar-refractivity contribution in [3.63, 3.8) is 0 Å². The molecule has 0 rings (SSSR count). The van der Waals surface area contributed by atoms with E-state index < -0.39 is 0 Å². The second-order valence-electron chi connectivity index (χ2n) is 0. The first-order valence-electron chi connectivity index (χ1n) is 0. The molecule has 0 spiro atoms. The van der Waals surface area contributed by atoms with Crippen LogP contribution in [0.1, 0.15) is 0 Å². The van der Waals surface area contributed by atoms with Crippen LogP contribution in [0.4, 0.5) is 0 Å². The van der Waals surface area contributed by atoms with Crippen molar-refractivity contribution in [1.29, 1.82) is 0 Å². The first-order valence-corrected chi connectivity index (χ1v) is 0. The number of rotatable bonds is 0. The summed E-state index contributed by atoms with van der Waals surface area (Å²) in [4.78, 5) is 0. The second-order valence-corrected chi connectivity index (χ2v) is 0. The molecule has 0 saturated heterocycles. The van der Waals surface area contributed by atoms with Crippen molar-refractivity contribution >= 4 is 85.3 Å². The molecule has 0 unspecified atom stereocenters. The molecule has 7 heteroatoms. The van der Waals surface area contributed by atoms with Crippen LogP contribution in [0.2, 0.25) is 0 Å². The quantitative estimate of drug-likeness (QED) is 0.460. The van der Waals surface area contributed by atoms with E-state index in [9.17, 15) is 0 Å². The van der Waals surface area contributed by atoms with Gasteiger partial charge < -0.3 is 6.15 Å². The molecule has 0 amide bonds. The van der Waals surface area contributed by atoms with E-state index in [1.54, 1.807) is 0 Å². The van der Waals surface area contributed by atoms with E-state index in [1.165, 1.54) is 0 Å². The molecule has 0 aliphatic carbocycles. The molecule has 0 aromatic rings.